The summed E-state index contributed by atoms with van der Waals surface area (Å²) in [5, 5.41) is 11.2. The van der Waals surface area contributed by atoms with Crippen LogP contribution < -0.4 is 9.47 Å². The van der Waals surface area contributed by atoms with Crippen LogP contribution >= 0.6 is 11.8 Å². The summed E-state index contributed by atoms with van der Waals surface area (Å²) in [6.07, 6.45) is 7.33. The molecule has 0 spiro atoms. The molecule has 0 unspecified atom stereocenters. The zero-order valence-electron chi connectivity index (χ0n) is 16.5. The van der Waals surface area contributed by atoms with Gasteiger partial charge in [-0.2, -0.15) is 4.57 Å². The topological polar surface area (TPSA) is 44.4 Å². The van der Waals surface area contributed by atoms with Crippen LogP contribution in [0.5, 0.6) is 0 Å². The van der Waals surface area contributed by atoms with E-state index in [1.54, 1.807) is 11.8 Å². The number of carbonyl (C=O) groups is 1. The van der Waals surface area contributed by atoms with Gasteiger partial charge in [0.2, 0.25) is 5.52 Å². The Morgan fingerprint density at radius 3 is 2.69 bits per heavy atom. The molecule has 2 heterocycles. The number of aryl methyl sites for hydroxylation is 1. The number of pyridine rings is 1. The van der Waals surface area contributed by atoms with Crippen molar-refractivity contribution >= 4 is 40.4 Å². The van der Waals surface area contributed by atoms with Gasteiger partial charge in [-0.3, -0.25) is 4.79 Å². The minimum absolute atomic E-state index is 0.255. The van der Waals surface area contributed by atoms with Crippen LogP contribution in [0, 0.1) is 0 Å². The molecule has 4 rings (SSSR count). The van der Waals surface area contributed by atoms with Gasteiger partial charge in [0.1, 0.15) is 6.54 Å². The van der Waals surface area contributed by atoms with Crippen LogP contribution in [0.2, 0.25) is 0 Å². The Morgan fingerprint density at radius 1 is 1.07 bits per heavy atom. The fourth-order valence-corrected chi connectivity index (χ4v) is 4.85. The van der Waals surface area contributed by atoms with Crippen molar-refractivity contribution in [2.45, 2.75) is 37.1 Å². The van der Waals surface area contributed by atoms with E-state index in [4.69, 9.17) is 5.11 Å². The van der Waals surface area contributed by atoms with Crippen molar-refractivity contribution in [2.24, 2.45) is 0 Å². The standard InChI is InChI=1S/C24H24N2O2S/c1-25-21-11-6-7-12-22(21)29-23(25)17-18-14-16-26(15-8-2-3-13-24(27)28)20-10-5-4-9-19(18)20/h4-7,9-12,14,16-17H,2-3,8,13,15H2,1H3/p+1. The van der Waals surface area contributed by atoms with Crippen LogP contribution in [-0.2, 0) is 11.3 Å². The summed E-state index contributed by atoms with van der Waals surface area (Å²) in [7, 11) is 2.12. The van der Waals surface area contributed by atoms with Gasteiger partial charge in [0.15, 0.2) is 6.20 Å². The lowest BCUT2D eigenvalue weighted by molar-refractivity contribution is -0.671. The first kappa shape index (κ1) is 19.5. The minimum Gasteiger partial charge on any atom is -0.481 e. The number of hydrogen-bond acceptors (Lipinski definition) is 3. The van der Waals surface area contributed by atoms with Crippen molar-refractivity contribution in [3.05, 3.63) is 71.4 Å². The number of para-hydroxylation sites is 2. The van der Waals surface area contributed by atoms with E-state index in [1.165, 1.54) is 32.1 Å². The smallest absolute Gasteiger partial charge is 0.303 e. The highest BCUT2D eigenvalue weighted by atomic mass is 32.2. The van der Waals surface area contributed by atoms with Crippen molar-refractivity contribution in [1.29, 1.82) is 0 Å². The van der Waals surface area contributed by atoms with Crippen LogP contribution in [0.25, 0.3) is 17.0 Å². The van der Waals surface area contributed by atoms with Gasteiger partial charge in [0, 0.05) is 36.9 Å². The van der Waals surface area contributed by atoms with Gasteiger partial charge in [-0.25, -0.2) is 0 Å². The number of thioether (sulfide) groups is 1. The van der Waals surface area contributed by atoms with Crippen LogP contribution in [0.4, 0.5) is 5.69 Å². The third-order valence-corrected chi connectivity index (χ3v) is 6.46. The molecular weight excluding hydrogens is 380 g/mol. The number of hydrogen-bond donors (Lipinski definition) is 1. The maximum Gasteiger partial charge on any atom is 0.303 e. The lowest BCUT2D eigenvalue weighted by Crippen LogP contribution is -2.34. The molecule has 0 amide bonds. The summed E-state index contributed by atoms with van der Waals surface area (Å²) in [4.78, 5) is 14.2. The van der Waals surface area contributed by atoms with Crippen molar-refractivity contribution < 1.29 is 14.5 Å². The Kier molecular flexibility index (Phi) is 5.86. The molecule has 2 aromatic carbocycles. The molecule has 3 aromatic rings. The predicted molar refractivity (Wildman–Crippen MR) is 119 cm³/mol. The van der Waals surface area contributed by atoms with E-state index in [9.17, 15) is 4.79 Å². The molecule has 0 saturated carbocycles. The first-order valence-electron chi connectivity index (χ1n) is 9.99. The van der Waals surface area contributed by atoms with Crippen LogP contribution in [0.3, 0.4) is 0 Å². The highest BCUT2D eigenvalue weighted by Crippen LogP contribution is 2.45. The Labute approximate surface area is 175 Å². The van der Waals surface area contributed by atoms with Gasteiger partial charge in [0.05, 0.1) is 16.1 Å². The fraction of sp³-hybridized carbons (Fsp3) is 0.250. The summed E-state index contributed by atoms with van der Waals surface area (Å²) in [6, 6.07) is 19.2. The molecule has 0 bridgehead atoms. The van der Waals surface area contributed by atoms with Gasteiger partial charge in [0.25, 0.3) is 0 Å². The summed E-state index contributed by atoms with van der Waals surface area (Å²) in [6.45, 7) is 0.900. The molecule has 1 aromatic heterocycles. The van der Waals surface area contributed by atoms with Crippen LogP contribution in [-0.4, -0.2) is 18.1 Å². The SMILES string of the molecule is CN1C(=Cc2cc[n+](CCCCCC(=O)O)c3ccccc23)Sc2ccccc21. The van der Waals surface area contributed by atoms with E-state index in [2.05, 4.69) is 83.4 Å². The van der Waals surface area contributed by atoms with E-state index >= 15 is 0 Å². The number of aliphatic carboxylic acids is 1. The average Bonchev–Trinajstić information content (AvgIpc) is 3.04. The monoisotopic (exact) mass is 405 g/mol. The first-order chi connectivity index (χ1) is 14.1. The number of carboxylic acids is 1. The molecule has 148 valence electrons. The van der Waals surface area contributed by atoms with Crippen molar-refractivity contribution in [3.63, 3.8) is 0 Å². The molecule has 5 heteroatoms. The van der Waals surface area contributed by atoms with E-state index in [0.29, 0.717) is 0 Å². The number of unbranched alkanes of at least 4 members (excludes halogenated alkanes) is 2. The summed E-state index contributed by atoms with van der Waals surface area (Å²) < 4.78 is 2.28. The summed E-state index contributed by atoms with van der Waals surface area (Å²) in [5.41, 5.74) is 3.67. The van der Waals surface area contributed by atoms with Crippen molar-refractivity contribution in [2.75, 3.05) is 11.9 Å². The zero-order valence-corrected chi connectivity index (χ0v) is 17.4. The van der Waals surface area contributed by atoms with E-state index in [1.807, 2.05) is 0 Å². The third kappa shape index (κ3) is 4.30. The molecule has 1 aliphatic rings. The second-order valence-corrected chi connectivity index (χ2v) is 8.36. The second-order valence-electron chi connectivity index (χ2n) is 7.30. The first-order valence-corrected chi connectivity index (χ1v) is 10.8. The number of carboxylic acid groups (broad SMARTS) is 1. The number of fused-ring (bicyclic) bond motifs is 2. The normalized spacial score (nSPS) is 14.5. The quantitative estimate of drug-likeness (QED) is 0.427. The minimum atomic E-state index is -0.711. The van der Waals surface area contributed by atoms with Gasteiger partial charge in [-0.1, -0.05) is 36.0 Å². The molecular formula is C24H25N2O2S+. The Morgan fingerprint density at radius 2 is 1.86 bits per heavy atom. The van der Waals surface area contributed by atoms with Crippen LogP contribution in [0.15, 0.2) is 70.7 Å². The van der Waals surface area contributed by atoms with Gasteiger partial charge < -0.3 is 10.0 Å². The molecule has 0 radical (unpaired) electrons. The molecule has 4 nitrogen and oxygen atoms in total. The largest absolute Gasteiger partial charge is 0.481 e. The lowest BCUT2D eigenvalue weighted by atomic mass is 10.1. The lowest BCUT2D eigenvalue weighted by Gasteiger charge is -2.13. The van der Waals surface area contributed by atoms with Crippen molar-refractivity contribution in [1.82, 2.24) is 0 Å². The van der Waals surface area contributed by atoms with Gasteiger partial charge >= 0.3 is 5.97 Å². The number of nitrogens with zero attached hydrogens (tertiary/aromatic N) is 2. The number of benzene rings is 2. The molecule has 1 N–H and O–H groups in total. The number of anilines is 1. The molecule has 29 heavy (non-hydrogen) atoms. The predicted octanol–water partition coefficient (Wildman–Crippen LogP) is 5.31. The highest BCUT2D eigenvalue weighted by molar-refractivity contribution is 8.03. The maximum absolute atomic E-state index is 10.7. The molecule has 0 aliphatic carbocycles. The second kappa shape index (κ2) is 8.70. The number of aromatic nitrogens is 1. The van der Waals surface area contributed by atoms with Crippen LogP contribution in [0.1, 0.15) is 31.2 Å². The Balaban J connectivity index is 1.57. The van der Waals surface area contributed by atoms with Gasteiger partial charge in [-0.05, 0) is 42.7 Å². The van der Waals surface area contributed by atoms with Gasteiger partial charge in [-0.15, -0.1) is 0 Å². The summed E-state index contributed by atoms with van der Waals surface area (Å²) >= 11 is 1.81. The highest BCUT2D eigenvalue weighted by Gasteiger charge is 2.22. The zero-order chi connectivity index (χ0) is 20.2. The van der Waals surface area contributed by atoms with Crippen molar-refractivity contribution in [3.8, 4) is 0 Å². The van der Waals surface area contributed by atoms with E-state index < -0.39 is 5.97 Å². The Bertz CT molecular complexity index is 1080. The molecule has 0 saturated heterocycles. The fourth-order valence-electron chi connectivity index (χ4n) is 3.74. The summed E-state index contributed by atoms with van der Waals surface area (Å²) in [5.74, 6) is -0.711. The molecule has 0 fully saturated rings. The number of rotatable bonds is 7. The Hall–Kier alpha value is -2.79. The average molecular weight is 406 g/mol. The van der Waals surface area contributed by atoms with E-state index in [-0.39, 0.29) is 6.42 Å². The molecule has 0 atom stereocenters. The maximum atomic E-state index is 10.7. The van der Waals surface area contributed by atoms with E-state index in [0.717, 1.165) is 25.8 Å². The third-order valence-electron chi connectivity index (χ3n) is 5.30. The molecule has 1 aliphatic heterocycles.